The van der Waals surface area contributed by atoms with Crippen LogP contribution in [0.15, 0.2) is 36.7 Å². The minimum absolute atomic E-state index is 0.412. The van der Waals surface area contributed by atoms with Crippen molar-refractivity contribution in [2.24, 2.45) is 0 Å². The third-order valence-electron chi connectivity index (χ3n) is 2.54. The number of ether oxygens (including phenoxy) is 2. The highest BCUT2D eigenvalue weighted by Crippen LogP contribution is 2.22. The van der Waals surface area contributed by atoms with Crippen LogP contribution in [0, 0.1) is 0 Å². The molecule has 0 bridgehead atoms. The Morgan fingerprint density at radius 3 is 2.53 bits per heavy atom. The lowest BCUT2D eigenvalue weighted by Crippen LogP contribution is -2.11. The van der Waals surface area contributed by atoms with E-state index in [1.165, 1.54) is 6.33 Å². The Labute approximate surface area is 117 Å². The average molecular weight is 279 g/mol. The summed E-state index contributed by atoms with van der Waals surface area (Å²) in [5, 5.41) is 0.441. The molecule has 0 spiro atoms. The summed E-state index contributed by atoms with van der Waals surface area (Å²) in [5.74, 6) is 1.35. The normalized spacial score (nSPS) is 10.2. The number of hydrogen-bond acceptors (Lipinski definition) is 4. The lowest BCUT2D eigenvalue weighted by molar-refractivity contribution is 0.210. The summed E-state index contributed by atoms with van der Waals surface area (Å²) in [4.78, 5) is 8.01. The maximum atomic E-state index is 5.98. The van der Waals surface area contributed by atoms with Crippen molar-refractivity contribution in [3.05, 3.63) is 47.4 Å². The Bertz CT molecular complexity index is 520. The van der Waals surface area contributed by atoms with Crippen LogP contribution in [-0.4, -0.2) is 23.2 Å². The van der Waals surface area contributed by atoms with Gasteiger partial charge in [0, 0.05) is 0 Å². The van der Waals surface area contributed by atoms with Crippen molar-refractivity contribution in [3.8, 4) is 11.6 Å². The molecule has 0 saturated heterocycles. The molecular weight excluding hydrogens is 264 g/mol. The molecule has 1 aromatic heterocycles. The van der Waals surface area contributed by atoms with Crippen molar-refractivity contribution in [3.63, 3.8) is 0 Å². The summed E-state index contributed by atoms with van der Waals surface area (Å²) < 4.78 is 11.1. The van der Waals surface area contributed by atoms with E-state index in [1.807, 2.05) is 37.3 Å². The first kappa shape index (κ1) is 13.6. The van der Waals surface area contributed by atoms with E-state index >= 15 is 0 Å². The Morgan fingerprint density at radius 2 is 1.79 bits per heavy atom. The quantitative estimate of drug-likeness (QED) is 0.601. The fourth-order valence-electron chi connectivity index (χ4n) is 1.61. The van der Waals surface area contributed by atoms with Gasteiger partial charge in [0.25, 0.3) is 0 Å². The van der Waals surface area contributed by atoms with E-state index in [0.29, 0.717) is 24.2 Å². The van der Waals surface area contributed by atoms with Crippen LogP contribution >= 0.6 is 11.6 Å². The van der Waals surface area contributed by atoms with Gasteiger partial charge in [0.1, 0.15) is 30.4 Å². The number of halogens is 1. The second kappa shape index (κ2) is 6.95. The molecule has 0 N–H and O–H groups in total. The van der Waals surface area contributed by atoms with Crippen LogP contribution < -0.4 is 9.47 Å². The lowest BCUT2D eigenvalue weighted by Gasteiger charge is -2.10. The molecule has 2 rings (SSSR count). The molecule has 4 nitrogen and oxygen atoms in total. The zero-order valence-electron chi connectivity index (χ0n) is 10.7. The molecule has 0 unspecified atom stereocenters. The minimum Gasteiger partial charge on any atom is -0.490 e. The largest absolute Gasteiger partial charge is 0.490 e. The molecule has 0 atom stereocenters. The first-order valence-electron chi connectivity index (χ1n) is 6.11. The van der Waals surface area contributed by atoms with Gasteiger partial charge in [-0.3, -0.25) is 0 Å². The van der Waals surface area contributed by atoms with E-state index in [2.05, 4.69) is 9.97 Å². The summed E-state index contributed by atoms with van der Waals surface area (Å²) in [5.41, 5.74) is 0.823. The number of rotatable bonds is 6. The molecule has 2 aromatic rings. The third kappa shape index (κ3) is 3.83. The number of aromatic nitrogens is 2. The van der Waals surface area contributed by atoms with Crippen LogP contribution in [0.3, 0.4) is 0 Å². The van der Waals surface area contributed by atoms with E-state index in [-0.39, 0.29) is 0 Å². The summed E-state index contributed by atoms with van der Waals surface area (Å²) in [6.45, 7) is 2.85. The third-order valence-corrected chi connectivity index (χ3v) is 2.87. The zero-order valence-corrected chi connectivity index (χ0v) is 11.4. The maximum Gasteiger partial charge on any atom is 0.221 e. The summed E-state index contributed by atoms with van der Waals surface area (Å²) in [6.07, 6.45) is 2.13. The molecular formula is C14H15ClN2O2. The number of hydrogen-bond donors (Lipinski definition) is 0. The van der Waals surface area contributed by atoms with E-state index in [1.54, 1.807) is 0 Å². The average Bonchev–Trinajstić information content (AvgIpc) is 2.45. The fourth-order valence-corrected chi connectivity index (χ4v) is 1.87. The Balaban J connectivity index is 1.85. The second-order valence-corrected chi connectivity index (χ2v) is 4.17. The first-order chi connectivity index (χ1) is 9.31. The van der Waals surface area contributed by atoms with Crippen molar-refractivity contribution in [2.45, 2.75) is 13.3 Å². The molecule has 0 fully saturated rings. The Hall–Kier alpha value is -1.81. The van der Waals surface area contributed by atoms with E-state index in [4.69, 9.17) is 21.1 Å². The molecule has 5 heteroatoms. The highest BCUT2D eigenvalue weighted by molar-refractivity contribution is 6.30. The van der Waals surface area contributed by atoms with Gasteiger partial charge in [-0.2, -0.15) is 0 Å². The van der Waals surface area contributed by atoms with Crippen molar-refractivity contribution >= 4 is 11.6 Å². The highest BCUT2D eigenvalue weighted by Gasteiger charge is 2.08. The van der Waals surface area contributed by atoms with E-state index < -0.39 is 0 Å². The van der Waals surface area contributed by atoms with Gasteiger partial charge in [0.15, 0.2) is 0 Å². The molecule has 0 aliphatic heterocycles. The van der Waals surface area contributed by atoms with Gasteiger partial charge in [0.05, 0.1) is 5.56 Å². The lowest BCUT2D eigenvalue weighted by atomic mass is 10.2. The molecule has 100 valence electrons. The minimum atomic E-state index is 0.412. The molecule has 1 aromatic carbocycles. The van der Waals surface area contributed by atoms with Gasteiger partial charge >= 0.3 is 0 Å². The van der Waals surface area contributed by atoms with Gasteiger partial charge in [0.2, 0.25) is 5.88 Å². The molecule has 0 radical (unpaired) electrons. The second-order valence-electron chi connectivity index (χ2n) is 3.81. The molecule has 1 heterocycles. The predicted octanol–water partition coefficient (Wildman–Crippen LogP) is 3.15. The Morgan fingerprint density at radius 1 is 1.05 bits per heavy atom. The summed E-state index contributed by atoms with van der Waals surface area (Å²) in [7, 11) is 0. The smallest absolute Gasteiger partial charge is 0.221 e. The van der Waals surface area contributed by atoms with Gasteiger partial charge < -0.3 is 9.47 Å². The van der Waals surface area contributed by atoms with Crippen molar-refractivity contribution < 1.29 is 9.47 Å². The fraction of sp³-hybridized carbons (Fsp3) is 0.286. The topological polar surface area (TPSA) is 44.2 Å². The van der Waals surface area contributed by atoms with Crippen LogP contribution in [-0.2, 0) is 6.42 Å². The van der Waals surface area contributed by atoms with Crippen LogP contribution in [0.2, 0.25) is 5.15 Å². The van der Waals surface area contributed by atoms with Gasteiger partial charge in [-0.05, 0) is 18.6 Å². The van der Waals surface area contributed by atoms with Crippen LogP contribution in [0.25, 0.3) is 0 Å². The van der Waals surface area contributed by atoms with Crippen molar-refractivity contribution in [1.82, 2.24) is 9.97 Å². The number of para-hydroxylation sites is 1. The zero-order chi connectivity index (χ0) is 13.5. The SMILES string of the molecule is CCc1c(Cl)ncnc1OCCOc1ccccc1. The summed E-state index contributed by atoms with van der Waals surface area (Å²) >= 11 is 5.98. The van der Waals surface area contributed by atoms with Crippen LogP contribution in [0.1, 0.15) is 12.5 Å². The van der Waals surface area contributed by atoms with Crippen LogP contribution in [0.4, 0.5) is 0 Å². The highest BCUT2D eigenvalue weighted by atomic mass is 35.5. The Kier molecular flexibility index (Phi) is 4.98. The number of benzene rings is 1. The van der Waals surface area contributed by atoms with E-state index in [9.17, 15) is 0 Å². The monoisotopic (exact) mass is 278 g/mol. The van der Waals surface area contributed by atoms with Crippen molar-refractivity contribution in [1.29, 1.82) is 0 Å². The molecule has 0 amide bonds. The number of nitrogens with zero attached hydrogens (tertiary/aromatic N) is 2. The van der Waals surface area contributed by atoms with E-state index in [0.717, 1.165) is 17.7 Å². The summed E-state index contributed by atoms with van der Waals surface area (Å²) in [6, 6.07) is 9.60. The standard InChI is InChI=1S/C14H15ClN2O2/c1-2-12-13(15)16-10-17-14(12)19-9-8-18-11-6-4-3-5-7-11/h3-7,10H,2,8-9H2,1H3. The molecule has 19 heavy (non-hydrogen) atoms. The van der Waals surface area contributed by atoms with Crippen LogP contribution in [0.5, 0.6) is 11.6 Å². The molecule has 0 aliphatic carbocycles. The molecule has 0 saturated carbocycles. The molecule has 0 aliphatic rings. The van der Waals surface area contributed by atoms with Gasteiger partial charge in [-0.1, -0.05) is 36.7 Å². The first-order valence-corrected chi connectivity index (χ1v) is 6.49. The van der Waals surface area contributed by atoms with Crippen molar-refractivity contribution in [2.75, 3.05) is 13.2 Å². The predicted molar refractivity (Wildman–Crippen MR) is 73.9 cm³/mol. The van der Waals surface area contributed by atoms with Gasteiger partial charge in [-0.15, -0.1) is 0 Å². The van der Waals surface area contributed by atoms with Gasteiger partial charge in [-0.25, -0.2) is 9.97 Å². The maximum absolute atomic E-state index is 5.98.